The van der Waals surface area contributed by atoms with E-state index in [2.05, 4.69) is 61.4 Å². The van der Waals surface area contributed by atoms with Crippen LogP contribution in [-0.4, -0.2) is 30.6 Å². The molecule has 0 radical (unpaired) electrons. The highest BCUT2D eigenvalue weighted by Crippen LogP contribution is 2.27. The molecule has 0 bridgehead atoms. The summed E-state index contributed by atoms with van der Waals surface area (Å²) in [7, 11) is 2.31. The molecule has 2 unspecified atom stereocenters. The molecule has 0 amide bonds. The average molecular weight is 274 g/mol. The van der Waals surface area contributed by atoms with Crippen LogP contribution in [0.25, 0.3) is 0 Å². The van der Waals surface area contributed by atoms with Gasteiger partial charge in [-0.05, 0) is 38.9 Å². The maximum Gasteiger partial charge on any atom is 0.0475 e. The molecule has 1 aromatic rings. The van der Waals surface area contributed by atoms with E-state index in [9.17, 15) is 0 Å². The fourth-order valence-electron chi connectivity index (χ4n) is 3.50. The molecule has 112 valence electrons. The third kappa shape index (κ3) is 3.83. The van der Waals surface area contributed by atoms with E-state index in [0.29, 0.717) is 12.1 Å². The molecule has 2 rings (SSSR count). The first-order valence-electron chi connectivity index (χ1n) is 8.24. The molecule has 2 nitrogen and oxygen atoms in total. The second-order valence-electron chi connectivity index (χ2n) is 6.14. The zero-order valence-electron chi connectivity index (χ0n) is 13.3. The zero-order chi connectivity index (χ0) is 14.4. The van der Waals surface area contributed by atoms with Crippen molar-refractivity contribution in [1.29, 1.82) is 0 Å². The molecule has 1 aliphatic rings. The van der Waals surface area contributed by atoms with Crippen LogP contribution in [0, 0.1) is 0 Å². The van der Waals surface area contributed by atoms with Gasteiger partial charge in [0, 0.05) is 18.1 Å². The summed E-state index contributed by atoms with van der Waals surface area (Å²) in [5.41, 5.74) is 1.41. The van der Waals surface area contributed by atoms with Crippen molar-refractivity contribution in [3.63, 3.8) is 0 Å². The van der Waals surface area contributed by atoms with Crippen molar-refractivity contribution in [3.05, 3.63) is 35.9 Å². The Kier molecular flexibility index (Phi) is 6.06. The van der Waals surface area contributed by atoms with Gasteiger partial charge in [-0.3, -0.25) is 4.90 Å². The second kappa shape index (κ2) is 7.80. The van der Waals surface area contributed by atoms with E-state index in [-0.39, 0.29) is 0 Å². The van der Waals surface area contributed by atoms with Gasteiger partial charge < -0.3 is 5.32 Å². The van der Waals surface area contributed by atoms with Crippen LogP contribution in [0.5, 0.6) is 0 Å². The Balaban J connectivity index is 2.07. The minimum absolute atomic E-state index is 0.424. The number of likely N-dealkylation sites (N-methyl/N-ethyl adjacent to an activating group) is 2. The summed E-state index contributed by atoms with van der Waals surface area (Å²) < 4.78 is 0. The lowest BCUT2D eigenvalue weighted by Crippen LogP contribution is -2.46. The van der Waals surface area contributed by atoms with Gasteiger partial charge in [-0.1, -0.05) is 56.5 Å². The largest absolute Gasteiger partial charge is 0.309 e. The first kappa shape index (κ1) is 15.5. The van der Waals surface area contributed by atoms with Crippen LogP contribution in [0.1, 0.15) is 57.6 Å². The minimum Gasteiger partial charge on any atom is -0.309 e. The maximum absolute atomic E-state index is 3.68. The highest BCUT2D eigenvalue weighted by Gasteiger charge is 2.27. The Morgan fingerprint density at radius 3 is 2.40 bits per heavy atom. The lowest BCUT2D eigenvalue weighted by atomic mass is 9.91. The first-order chi connectivity index (χ1) is 9.74. The van der Waals surface area contributed by atoms with Crippen molar-refractivity contribution >= 4 is 0 Å². The van der Waals surface area contributed by atoms with Crippen molar-refractivity contribution in [2.75, 3.05) is 13.6 Å². The number of hydrogen-bond acceptors (Lipinski definition) is 2. The molecule has 2 atom stereocenters. The van der Waals surface area contributed by atoms with E-state index in [0.717, 1.165) is 12.6 Å². The van der Waals surface area contributed by atoms with E-state index in [4.69, 9.17) is 0 Å². The smallest absolute Gasteiger partial charge is 0.0475 e. The highest BCUT2D eigenvalue weighted by atomic mass is 15.2. The Morgan fingerprint density at radius 1 is 1.15 bits per heavy atom. The SMILES string of the molecule is CCNC(c1ccccc1)C(C)N(C)C1CCCCC1. The molecule has 1 N–H and O–H groups in total. The number of hydrogen-bond donors (Lipinski definition) is 1. The summed E-state index contributed by atoms with van der Waals surface area (Å²) in [6, 6.07) is 12.6. The van der Waals surface area contributed by atoms with E-state index in [1.165, 1.54) is 37.7 Å². The van der Waals surface area contributed by atoms with Crippen LogP contribution in [0.3, 0.4) is 0 Å². The van der Waals surface area contributed by atoms with Gasteiger partial charge in [0.25, 0.3) is 0 Å². The number of rotatable bonds is 6. The summed E-state index contributed by atoms with van der Waals surface area (Å²) in [6.07, 6.45) is 6.97. The molecule has 0 spiro atoms. The second-order valence-corrected chi connectivity index (χ2v) is 6.14. The van der Waals surface area contributed by atoms with Crippen molar-refractivity contribution < 1.29 is 0 Å². The van der Waals surface area contributed by atoms with Crippen molar-refractivity contribution in [2.24, 2.45) is 0 Å². The van der Waals surface area contributed by atoms with E-state index >= 15 is 0 Å². The lowest BCUT2D eigenvalue weighted by Gasteiger charge is -2.39. The molecule has 2 heteroatoms. The number of nitrogens with zero attached hydrogens (tertiary/aromatic N) is 1. The van der Waals surface area contributed by atoms with Gasteiger partial charge in [0.15, 0.2) is 0 Å². The van der Waals surface area contributed by atoms with Crippen LogP contribution in [0.15, 0.2) is 30.3 Å². The molecule has 0 saturated heterocycles. The highest BCUT2D eigenvalue weighted by molar-refractivity contribution is 5.20. The third-order valence-corrected chi connectivity index (χ3v) is 4.86. The summed E-state index contributed by atoms with van der Waals surface area (Å²) in [4.78, 5) is 2.61. The lowest BCUT2D eigenvalue weighted by molar-refractivity contribution is 0.120. The third-order valence-electron chi connectivity index (χ3n) is 4.86. The van der Waals surface area contributed by atoms with Crippen molar-refractivity contribution in [1.82, 2.24) is 10.2 Å². The summed E-state index contributed by atoms with van der Waals surface area (Å²) >= 11 is 0. The van der Waals surface area contributed by atoms with E-state index in [1.54, 1.807) is 0 Å². The predicted octanol–water partition coefficient (Wildman–Crippen LogP) is 3.99. The Hall–Kier alpha value is -0.860. The van der Waals surface area contributed by atoms with Gasteiger partial charge in [0.2, 0.25) is 0 Å². The van der Waals surface area contributed by atoms with Crippen LogP contribution < -0.4 is 5.32 Å². The monoisotopic (exact) mass is 274 g/mol. The summed E-state index contributed by atoms with van der Waals surface area (Å²) in [5, 5.41) is 3.68. The molecule has 1 saturated carbocycles. The average Bonchev–Trinajstić information content (AvgIpc) is 2.53. The molecule has 1 fully saturated rings. The van der Waals surface area contributed by atoms with Gasteiger partial charge in [0.05, 0.1) is 0 Å². The molecular formula is C18H30N2. The molecule has 1 aromatic carbocycles. The zero-order valence-corrected chi connectivity index (χ0v) is 13.3. The topological polar surface area (TPSA) is 15.3 Å². The van der Waals surface area contributed by atoms with Crippen LogP contribution >= 0.6 is 0 Å². The molecule has 1 aliphatic carbocycles. The summed E-state index contributed by atoms with van der Waals surface area (Å²) in [6.45, 7) is 5.58. The van der Waals surface area contributed by atoms with Crippen molar-refractivity contribution in [3.8, 4) is 0 Å². The number of benzene rings is 1. The fourth-order valence-corrected chi connectivity index (χ4v) is 3.50. The minimum atomic E-state index is 0.424. The summed E-state index contributed by atoms with van der Waals surface area (Å²) in [5.74, 6) is 0. The van der Waals surface area contributed by atoms with Crippen molar-refractivity contribution in [2.45, 2.75) is 64.1 Å². The van der Waals surface area contributed by atoms with E-state index < -0.39 is 0 Å². The molecular weight excluding hydrogens is 244 g/mol. The predicted molar refractivity (Wildman–Crippen MR) is 87.0 cm³/mol. The van der Waals surface area contributed by atoms with Crippen LogP contribution in [-0.2, 0) is 0 Å². The van der Waals surface area contributed by atoms with Gasteiger partial charge in [-0.25, -0.2) is 0 Å². The van der Waals surface area contributed by atoms with Crippen LogP contribution in [0.4, 0.5) is 0 Å². The van der Waals surface area contributed by atoms with Gasteiger partial charge in [0.1, 0.15) is 0 Å². The molecule has 0 aromatic heterocycles. The molecule has 0 aliphatic heterocycles. The Bertz CT molecular complexity index is 370. The number of nitrogens with one attached hydrogen (secondary N) is 1. The van der Waals surface area contributed by atoms with Gasteiger partial charge in [-0.15, -0.1) is 0 Å². The quantitative estimate of drug-likeness (QED) is 0.844. The van der Waals surface area contributed by atoms with E-state index in [1.807, 2.05) is 0 Å². The van der Waals surface area contributed by atoms with Gasteiger partial charge >= 0.3 is 0 Å². The Morgan fingerprint density at radius 2 is 1.80 bits per heavy atom. The standard InChI is InChI=1S/C18H30N2/c1-4-19-18(16-11-7-5-8-12-16)15(2)20(3)17-13-9-6-10-14-17/h5,7-8,11-12,15,17-19H,4,6,9-10,13-14H2,1-3H3. The first-order valence-corrected chi connectivity index (χ1v) is 8.24. The van der Waals surface area contributed by atoms with Gasteiger partial charge in [-0.2, -0.15) is 0 Å². The molecule has 20 heavy (non-hydrogen) atoms. The normalized spacial score (nSPS) is 20.0. The maximum atomic E-state index is 3.68. The fraction of sp³-hybridized carbons (Fsp3) is 0.667. The molecule has 0 heterocycles. The Labute approximate surface area is 124 Å². The van der Waals surface area contributed by atoms with Crippen LogP contribution in [0.2, 0.25) is 0 Å².